The highest BCUT2D eigenvalue weighted by molar-refractivity contribution is 6.31. The molecule has 2 aliphatic heterocycles. The van der Waals surface area contributed by atoms with Crippen molar-refractivity contribution in [3.63, 3.8) is 0 Å². The average Bonchev–Trinajstić information content (AvgIpc) is 1.69. The Hall–Kier alpha value is -9.81. The number of nitrogens with one attached hydrogen (secondary N) is 4. The Morgan fingerprint density at radius 2 is 0.846 bits per heavy atom. The predicted octanol–water partition coefficient (Wildman–Crippen LogP) is 11.8. The van der Waals surface area contributed by atoms with Gasteiger partial charge in [-0.05, 0) is 135 Å². The van der Waals surface area contributed by atoms with Crippen molar-refractivity contribution in [1.82, 2.24) is 20.4 Å². The second-order valence-electron chi connectivity index (χ2n) is 23.0. The third kappa shape index (κ3) is 14.0. The van der Waals surface area contributed by atoms with Crippen molar-refractivity contribution >= 4 is 76.4 Å². The molecule has 0 radical (unpaired) electrons. The zero-order valence-corrected chi connectivity index (χ0v) is 51.4. The van der Waals surface area contributed by atoms with E-state index in [-0.39, 0.29) is 64.0 Å². The van der Waals surface area contributed by atoms with E-state index in [1.807, 2.05) is 116 Å². The topological polar surface area (TPSA) is 233 Å². The molecular formula is C72H66Cl2N6O11. The molecule has 19 heteroatoms. The molecule has 2 aliphatic carbocycles. The van der Waals surface area contributed by atoms with Crippen LogP contribution in [0, 0.1) is 13.8 Å². The number of ether oxygens (including phenoxy) is 2. The Balaban J connectivity index is 0.000000187. The molecule has 91 heavy (non-hydrogen) atoms. The minimum absolute atomic E-state index is 0.00159. The first-order valence-electron chi connectivity index (χ1n) is 30.0. The van der Waals surface area contributed by atoms with Crippen molar-refractivity contribution in [2.45, 2.75) is 88.6 Å². The van der Waals surface area contributed by atoms with Crippen LogP contribution >= 0.6 is 23.2 Å². The zero-order chi connectivity index (χ0) is 63.9. The van der Waals surface area contributed by atoms with Crippen molar-refractivity contribution < 1.29 is 53.2 Å². The Morgan fingerprint density at radius 3 is 1.22 bits per heavy atom. The number of aliphatic hydroxyl groups is 1. The van der Waals surface area contributed by atoms with Crippen LogP contribution in [0.5, 0.6) is 0 Å². The van der Waals surface area contributed by atoms with Gasteiger partial charge in [-0.3, -0.25) is 33.8 Å². The summed E-state index contributed by atoms with van der Waals surface area (Å²) in [5.41, 5.74) is 14.8. The van der Waals surface area contributed by atoms with E-state index in [1.165, 1.54) is 9.80 Å². The first kappa shape index (κ1) is 62.8. The number of carboxylic acids is 1. The lowest BCUT2D eigenvalue weighted by atomic mass is 9.93. The van der Waals surface area contributed by atoms with E-state index < -0.39 is 72.4 Å². The number of hydrogen-bond acceptors (Lipinski definition) is 10. The first-order chi connectivity index (χ1) is 44.0. The number of carboxylic acid groups (broad SMARTS) is 1. The van der Waals surface area contributed by atoms with Crippen LogP contribution in [0.4, 0.5) is 21.0 Å². The summed E-state index contributed by atoms with van der Waals surface area (Å²) in [5.74, 6) is -3.91. The lowest BCUT2D eigenvalue weighted by Gasteiger charge is -2.36. The Bertz CT molecular complexity index is 4030. The van der Waals surface area contributed by atoms with Crippen molar-refractivity contribution in [2.75, 3.05) is 30.5 Å². The first-order valence-corrected chi connectivity index (χ1v) is 30.7. The van der Waals surface area contributed by atoms with E-state index in [0.717, 1.165) is 77.9 Å². The molecule has 4 aliphatic rings. The Kier molecular flexibility index (Phi) is 19.3. The molecule has 4 atom stereocenters. The van der Waals surface area contributed by atoms with Gasteiger partial charge in [-0.1, -0.05) is 169 Å². The number of anilines is 2. The fraction of sp³-hybridized carbons (Fsp3) is 0.236. The van der Waals surface area contributed by atoms with E-state index in [9.17, 15) is 43.8 Å². The molecule has 12 rings (SSSR count). The van der Waals surface area contributed by atoms with Crippen LogP contribution in [0.25, 0.3) is 22.3 Å². The fourth-order valence-corrected chi connectivity index (χ4v) is 12.7. The fourth-order valence-electron chi connectivity index (χ4n) is 12.5. The maximum atomic E-state index is 13.8. The molecule has 6 N–H and O–H groups in total. The van der Waals surface area contributed by atoms with Gasteiger partial charge >= 0.3 is 18.2 Å². The van der Waals surface area contributed by atoms with Crippen LogP contribution in [0.2, 0.25) is 10.0 Å². The van der Waals surface area contributed by atoms with Gasteiger partial charge in [0.2, 0.25) is 23.6 Å². The molecule has 0 saturated heterocycles. The Labute approximate surface area is 536 Å². The highest BCUT2D eigenvalue weighted by atomic mass is 35.5. The molecule has 8 aromatic carbocycles. The number of aryl methyl sites for hydroxylation is 2. The van der Waals surface area contributed by atoms with Crippen LogP contribution in [0.1, 0.15) is 80.3 Å². The van der Waals surface area contributed by atoms with Crippen molar-refractivity contribution in [2.24, 2.45) is 0 Å². The number of halogens is 2. The Morgan fingerprint density at radius 1 is 0.495 bits per heavy atom. The number of rotatable bonds is 16. The minimum atomic E-state index is -1.40. The number of fused-ring (bicyclic) bond motifs is 8. The number of aliphatic carboxylic acids is 1. The largest absolute Gasteiger partial charge is 0.481 e. The molecule has 0 unspecified atom stereocenters. The van der Waals surface area contributed by atoms with Crippen LogP contribution in [0.15, 0.2) is 182 Å². The number of hydrogen-bond donors (Lipinski definition) is 6. The molecule has 8 aromatic rings. The lowest BCUT2D eigenvalue weighted by Crippen LogP contribution is -2.56. The van der Waals surface area contributed by atoms with Gasteiger partial charge in [0, 0.05) is 52.7 Å². The highest BCUT2D eigenvalue weighted by Gasteiger charge is 2.41. The minimum Gasteiger partial charge on any atom is -0.481 e. The van der Waals surface area contributed by atoms with Gasteiger partial charge in [0.1, 0.15) is 37.4 Å². The van der Waals surface area contributed by atoms with Crippen LogP contribution in [0.3, 0.4) is 0 Å². The van der Waals surface area contributed by atoms with Crippen molar-refractivity contribution in [3.8, 4) is 22.3 Å². The van der Waals surface area contributed by atoms with E-state index in [1.54, 1.807) is 43.3 Å². The highest BCUT2D eigenvalue weighted by Crippen LogP contribution is 2.46. The van der Waals surface area contributed by atoms with E-state index in [0.29, 0.717) is 21.4 Å². The summed E-state index contributed by atoms with van der Waals surface area (Å²) in [5, 5.41) is 31.2. The maximum Gasteiger partial charge on any atom is 0.410 e. The maximum absolute atomic E-state index is 13.8. The molecule has 0 fully saturated rings. The standard InChI is InChI=1S/C36H32ClN3O6.C36H34ClN3O5/c1-21-16-24(14-15-30(21)37)38-34(43)31(18-33(41)42)39-35(44)32-17-22-8-2-3-9-23(22)19-40(32)36(45)46-20-29-27-12-6-4-10-25(27)26-11-5-7-13-28(26)29;1-22-18-25(14-15-31(22)37)38-34(42)32(16-17-41)39-35(43)33-19-23-8-2-3-9-24(23)20-40(33)36(44)45-21-30-28-12-6-4-10-26(28)27-11-5-7-13-29(27)30/h2-16,29,31-32H,17-20H2,1H3,(H,38,43)(H,39,44)(H,41,42);2-15,18,30,32-33,41H,16-17,19-21H2,1H3,(H,38,42)(H,39,43)/t31-,32-;32-,33-/m00/s1. The van der Waals surface area contributed by atoms with Crippen molar-refractivity contribution in [3.05, 3.63) is 248 Å². The normalized spacial score (nSPS) is 15.7. The summed E-state index contributed by atoms with van der Waals surface area (Å²) < 4.78 is 11.9. The number of aliphatic hydroxyl groups excluding tert-OH is 1. The van der Waals surface area contributed by atoms with Crippen LogP contribution < -0.4 is 21.3 Å². The summed E-state index contributed by atoms with van der Waals surface area (Å²) in [7, 11) is 0. The summed E-state index contributed by atoms with van der Waals surface area (Å²) >= 11 is 12.2. The van der Waals surface area contributed by atoms with E-state index >= 15 is 0 Å². The van der Waals surface area contributed by atoms with Crippen molar-refractivity contribution in [1.29, 1.82) is 0 Å². The summed E-state index contributed by atoms with van der Waals surface area (Å²) in [6.45, 7) is 3.77. The van der Waals surface area contributed by atoms with Gasteiger partial charge in [0.25, 0.3) is 0 Å². The smallest absolute Gasteiger partial charge is 0.410 e. The molecule has 6 amide bonds. The second kappa shape index (κ2) is 27.9. The summed E-state index contributed by atoms with van der Waals surface area (Å²) in [6.07, 6.45) is -1.50. The van der Waals surface area contributed by atoms with Gasteiger partial charge in [0.15, 0.2) is 0 Å². The number of carbonyl (C=O) groups is 7. The second-order valence-corrected chi connectivity index (χ2v) is 23.8. The molecule has 0 aromatic heterocycles. The quantitative estimate of drug-likeness (QED) is 0.0532. The monoisotopic (exact) mass is 1260 g/mol. The third-order valence-corrected chi connectivity index (χ3v) is 18.0. The van der Waals surface area contributed by atoms with Gasteiger partial charge < -0.3 is 41.0 Å². The molecule has 0 bridgehead atoms. The molecule has 2 heterocycles. The number of carbonyl (C=O) groups excluding carboxylic acids is 6. The van der Waals surface area contributed by atoms with E-state index in [2.05, 4.69) is 57.7 Å². The molecule has 0 spiro atoms. The molecular weight excluding hydrogens is 1200 g/mol. The SMILES string of the molecule is Cc1cc(NC(=O)[C@H](CC(=O)O)NC(=O)[C@@H]2Cc3ccccc3CN2C(=O)OCC2c3ccccc3-c3ccccc32)ccc1Cl.Cc1cc(NC(=O)[C@H](CCO)NC(=O)[C@@H]2Cc3ccccc3CN2C(=O)OCC2c3ccccc3-c3ccccc32)ccc1Cl. The van der Waals surface area contributed by atoms with Crippen LogP contribution in [-0.2, 0) is 59.4 Å². The van der Waals surface area contributed by atoms with Gasteiger partial charge in [-0.15, -0.1) is 0 Å². The average molecular weight is 1260 g/mol. The zero-order valence-electron chi connectivity index (χ0n) is 49.9. The molecule has 464 valence electrons. The van der Waals surface area contributed by atoms with Gasteiger partial charge in [-0.25, -0.2) is 9.59 Å². The lowest BCUT2D eigenvalue weighted by molar-refractivity contribution is -0.140. The predicted molar refractivity (Wildman–Crippen MR) is 347 cm³/mol. The molecule has 0 saturated carbocycles. The van der Waals surface area contributed by atoms with Crippen LogP contribution in [-0.4, -0.2) is 106 Å². The van der Waals surface area contributed by atoms with Gasteiger partial charge in [0.05, 0.1) is 19.5 Å². The third-order valence-electron chi connectivity index (χ3n) is 17.2. The van der Waals surface area contributed by atoms with E-state index in [4.69, 9.17) is 32.7 Å². The summed E-state index contributed by atoms with van der Waals surface area (Å²) in [6, 6.07) is 53.0. The molecule has 17 nitrogen and oxygen atoms in total. The number of amides is 6. The number of benzene rings is 8. The summed E-state index contributed by atoms with van der Waals surface area (Å²) in [4.78, 5) is 96.0. The number of nitrogens with zero attached hydrogens (tertiary/aromatic N) is 2. The van der Waals surface area contributed by atoms with Gasteiger partial charge in [-0.2, -0.15) is 0 Å².